The van der Waals surface area contributed by atoms with Gasteiger partial charge in [0.1, 0.15) is 17.3 Å². The quantitative estimate of drug-likeness (QED) is 0.398. The Kier molecular flexibility index (Phi) is 8.63. The topological polar surface area (TPSA) is 81.5 Å². The van der Waals surface area contributed by atoms with Gasteiger partial charge in [-0.05, 0) is 55.3 Å². The van der Waals surface area contributed by atoms with Crippen molar-refractivity contribution >= 4 is 11.9 Å². The molecule has 1 aliphatic heterocycles. The van der Waals surface area contributed by atoms with Gasteiger partial charge in [0.15, 0.2) is 0 Å². The summed E-state index contributed by atoms with van der Waals surface area (Å²) in [5.41, 5.74) is 3.13. The molecule has 0 N–H and O–H groups in total. The molecule has 1 atom stereocenters. The van der Waals surface area contributed by atoms with Crippen LogP contribution in [0, 0.1) is 13.8 Å². The Morgan fingerprint density at radius 1 is 0.973 bits per heavy atom. The van der Waals surface area contributed by atoms with Crippen LogP contribution in [0.2, 0.25) is 0 Å². The highest BCUT2D eigenvalue weighted by molar-refractivity contribution is 5.95. The summed E-state index contributed by atoms with van der Waals surface area (Å²) < 4.78 is 22.2. The van der Waals surface area contributed by atoms with Crippen LogP contribution in [0.3, 0.4) is 0 Å². The zero-order valence-corrected chi connectivity index (χ0v) is 21.9. The molecule has 0 aliphatic carbocycles. The molecule has 0 bridgehead atoms. The number of carbonyl (C=O) groups excluding carboxylic acids is 2. The summed E-state index contributed by atoms with van der Waals surface area (Å²) >= 11 is 0. The fraction of sp³-hybridized carbons (Fsp3) is 0.379. The van der Waals surface area contributed by atoms with Gasteiger partial charge in [-0.25, -0.2) is 4.79 Å². The van der Waals surface area contributed by atoms with E-state index in [0.29, 0.717) is 43.1 Å². The Morgan fingerprint density at radius 3 is 2.32 bits per heavy atom. The maximum absolute atomic E-state index is 13.0. The number of hydrogen-bond donors (Lipinski definition) is 0. The summed E-state index contributed by atoms with van der Waals surface area (Å²) in [4.78, 5) is 28.9. The third-order valence-electron chi connectivity index (χ3n) is 6.65. The van der Waals surface area contributed by atoms with Crippen LogP contribution < -0.4 is 4.74 Å². The minimum atomic E-state index is -0.364. The first kappa shape index (κ1) is 26.4. The highest BCUT2D eigenvalue weighted by Crippen LogP contribution is 2.25. The summed E-state index contributed by atoms with van der Waals surface area (Å²) in [6.45, 7) is 7.53. The number of piperazine rings is 1. The molecule has 8 heteroatoms. The molecule has 3 aromatic rings. The molecule has 37 heavy (non-hydrogen) atoms. The van der Waals surface area contributed by atoms with Crippen LogP contribution in [-0.4, -0.2) is 68.6 Å². The van der Waals surface area contributed by atoms with Gasteiger partial charge in [0.05, 0.1) is 38.1 Å². The summed E-state index contributed by atoms with van der Waals surface area (Å²) in [7, 11) is 3.02. The van der Waals surface area contributed by atoms with Gasteiger partial charge >= 0.3 is 5.97 Å². The molecule has 8 nitrogen and oxygen atoms in total. The van der Waals surface area contributed by atoms with Gasteiger partial charge in [-0.3, -0.25) is 9.69 Å². The molecule has 2 aromatic carbocycles. The normalized spacial score (nSPS) is 14.9. The molecule has 1 aliphatic rings. The van der Waals surface area contributed by atoms with Crippen LogP contribution in [0.25, 0.3) is 0 Å². The van der Waals surface area contributed by atoms with Crippen molar-refractivity contribution in [1.82, 2.24) is 9.80 Å². The number of amides is 1. The van der Waals surface area contributed by atoms with Crippen molar-refractivity contribution in [3.63, 3.8) is 0 Å². The van der Waals surface area contributed by atoms with E-state index in [2.05, 4.69) is 4.90 Å². The van der Waals surface area contributed by atoms with E-state index < -0.39 is 0 Å². The van der Waals surface area contributed by atoms with Crippen molar-refractivity contribution in [3.05, 3.63) is 88.4 Å². The van der Waals surface area contributed by atoms with Crippen molar-refractivity contribution in [2.24, 2.45) is 0 Å². The fourth-order valence-corrected chi connectivity index (χ4v) is 4.53. The van der Waals surface area contributed by atoms with Gasteiger partial charge in [0.25, 0.3) is 5.91 Å². The van der Waals surface area contributed by atoms with Gasteiger partial charge in [-0.1, -0.05) is 24.3 Å². The number of rotatable bonds is 9. The smallest absolute Gasteiger partial charge is 0.337 e. The van der Waals surface area contributed by atoms with Crippen molar-refractivity contribution < 1.29 is 28.2 Å². The second kappa shape index (κ2) is 12.1. The summed E-state index contributed by atoms with van der Waals surface area (Å²) in [5.74, 6) is 1.84. The van der Waals surface area contributed by atoms with Gasteiger partial charge in [0.2, 0.25) is 0 Å². The third-order valence-corrected chi connectivity index (χ3v) is 6.65. The highest BCUT2D eigenvalue weighted by atomic mass is 16.5. The lowest BCUT2D eigenvalue weighted by molar-refractivity contribution is 0.00330. The molecular weight excluding hydrogens is 472 g/mol. The molecule has 196 valence electrons. The zero-order valence-electron chi connectivity index (χ0n) is 21.9. The first-order valence-corrected chi connectivity index (χ1v) is 12.4. The minimum Gasteiger partial charge on any atom is -0.497 e. The van der Waals surface area contributed by atoms with Crippen LogP contribution >= 0.6 is 0 Å². The van der Waals surface area contributed by atoms with Crippen molar-refractivity contribution in [2.75, 3.05) is 46.9 Å². The first-order valence-electron chi connectivity index (χ1n) is 12.4. The fourth-order valence-electron chi connectivity index (χ4n) is 4.53. The molecule has 0 radical (unpaired) electrons. The number of aryl methyl sites for hydroxylation is 2. The first-order chi connectivity index (χ1) is 17.9. The van der Waals surface area contributed by atoms with Gasteiger partial charge < -0.3 is 23.5 Å². The monoisotopic (exact) mass is 506 g/mol. The molecule has 2 heterocycles. The predicted octanol–water partition coefficient (Wildman–Crippen LogP) is 4.41. The Labute approximate surface area is 217 Å². The predicted molar refractivity (Wildman–Crippen MR) is 139 cm³/mol. The lowest BCUT2D eigenvalue weighted by Gasteiger charge is -2.36. The van der Waals surface area contributed by atoms with Crippen molar-refractivity contribution in [2.45, 2.75) is 26.6 Å². The number of nitrogens with zero attached hydrogens (tertiary/aromatic N) is 2. The van der Waals surface area contributed by atoms with Crippen LogP contribution in [0.1, 0.15) is 49.5 Å². The number of benzene rings is 2. The largest absolute Gasteiger partial charge is 0.497 e. The maximum atomic E-state index is 13.0. The number of carbonyl (C=O) groups is 2. The van der Waals surface area contributed by atoms with Crippen molar-refractivity contribution in [3.8, 4) is 5.75 Å². The summed E-state index contributed by atoms with van der Waals surface area (Å²) in [6, 6.07) is 16.9. The summed E-state index contributed by atoms with van der Waals surface area (Å²) in [5, 5.41) is 0. The lowest BCUT2D eigenvalue weighted by Crippen LogP contribution is -2.49. The van der Waals surface area contributed by atoms with E-state index in [1.165, 1.54) is 7.11 Å². The Bertz CT molecular complexity index is 1210. The average Bonchev–Trinajstić information content (AvgIpc) is 3.28. The molecule has 1 saturated heterocycles. The third kappa shape index (κ3) is 6.58. The Morgan fingerprint density at radius 2 is 1.70 bits per heavy atom. The molecular formula is C29H34N2O6. The van der Waals surface area contributed by atoms with Gasteiger partial charge in [-0.15, -0.1) is 0 Å². The van der Waals surface area contributed by atoms with Crippen LogP contribution in [0.5, 0.6) is 5.75 Å². The SMILES string of the molecule is COC(=O)c1ccc(CO[C@H](CN2CCN(C(=O)c3cc(C)oc3C)CC2)c2cccc(OC)c2)cc1. The molecule has 1 amide bonds. The summed E-state index contributed by atoms with van der Waals surface area (Å²) in [6.07, 6.45) is -0.198. The van der Waals surface area contributed by atoms with Crippen molar-refractivity contribution in [1.29, 1.82) is 0 Å². The Balaban J connectivity index is 1.41. The molecule has 0 spiro atoms. The van der Waals surface area contributed by atoms with Crippen LogP contribution in [-0.2, 0) is 16.1 Å². The molecule has 1 aromatic heterocycles. The van der Waals surface area contributed by atoms with Gasteiger partial charge in [0, 0.05) is 32.7 Å². The Hall–Kier alpha value is -3.62. The second-order valence-corrected chi connectivity index (χ2v) is 9.18. The van der Waals surface area contributed by atoms with E-state index in [9.17, 15) is 9.59 Å². The number of methoxy groups -OCH3 is 2. The maximum Gasteiger partial charge on any atom is 0.337 e. The van der Waals surface area contributed by atoms with E-state index in [4.69, 9.17) is 18.6 Å². The minimum absolute atomic E-state index is 0.0185. The molecule has 1 fully saturated rings. The van der Waals surface area contributed by atoms with E-state index in [1.54, 1.807) is 19.2 Å². The zero-order chi connectivity index (χ0) is 26.4. The number of furan rings is 1. The van der Waals surface area contributed by atoms with E-state index in [1.807, 2.05) is 61.2 Å². The molecule has 0 unspecified atom stereocenters. The number of esters is 1. The second-order valence-electron chi connectivity index (χ2n) is 9.18. The van der Waals surface area contributed by atoms with E-state index >= 15 is 0 Å². The lowest BCUT2D eigenvalue weighted by atomic mass is 10.1. The number of hydrogen-bond acceptors (Lipinski definition) is 7. The van der Waals surface area contributed by atoms with Crippen LogP contribution in [0.15, 0.2) is 59.0 Å². The van der Waals surface area contributed by atoms with Crippen LogP contribution in [0.4, 0.5) is 0 Å². The van der Waals surface area contributed by atoms with E-state index in [0.717, 1.165) is 35.7 Å². The van der Waals surface area contributed by atoms with Gasteiger partial charge in [-0.2, -0.15) is 0 Å². The number of ether oxygens (including phenoxy) is 3. The average molecular weight is 507 g/mol. The molecule has 4 rings (SSSR count). The molecule has 0 saturated carbocycles. The highest BCUT2D eigenvalue weighted by Gasteiger charge is 2.27. The standard InChI is InChI=1S/C29H34N2O6/c1-20-16-26(21(2)37-20)28(32)31-14-12-30(13-15-31)18-27(24-6-5-7-25(17-24)34-3)36-19-22-8-10-23(11-9-22)29(33)35-4/h5-11,16-17,27H,12-15,18-19H2,1-4H3/t27-/m1/s1. The van der Waals surface area contributed by atoms with E-state index in [-0.39, 0.29) is 18.0 Å².